The first-order chi connectivity index (χ1) is 8.69. The molecular formula is C14H15FN2O. The van der Waals surface area contributed by atoms with E-state index in [1.807, 2.05) is 24.3 Å². The lowest BCUT2D eigenvalue weighted by Crippen LogP contribution is -2.02. The summed E-state index contributed by atoms with van der Waals surface area (Å²) >= 11 is 0. The molecule has 4 heteroatoms. The molecule has 2 rings (SSSR count). The number of nitrogen functional groups attached to an aromatic ring is 1. The van der Waals surface area contributed by atoms with E-state index in [2.05, 4.69) is 5.32 Å². The molecule has 0 unspecified atom stereocenters. The number of hydrogen-bond donors (Lipinski definition) is 3. The Hall–Kier alpha value is -2.07. The molecule has 3 nitrogen and oxygen atoms in total. The zero-order valence-corrected chi connectivity index (χ0v) is 9.86. The Balaban J connectivity index is 2.02. The van der Waals surface area contributed by atoms with Gasteiger partial charge in [-0.1, -0.05) is 24.3 Å². The zero-order valence-electron chi connectivity index (χ0n) is 9.86. The lowest BCUT2D eigenvalue weighted by molar-refractivity contribution is 0.282. The first-order valence-corrected chi connectivity index (χ1v) is 5.66. The minimum absolute atomic E-state index is 0.0281. The van der Waals surface area contributed by atoms with Crippen molar-refractivity contribution in [1.82, 2.24) is 0 Å². The fourth-order valence-electron chi connectivity index (χ4n) is 1.63. The summed E-state index contributed by atoms with van der Waals surface area (Å²) < 4.78 is 13.5. The molecule has 4 N–H and O–H groups in total. The average molecular weight is 246 g/mol. The summed E-state index contributed by atoms with van der Waals surface area (Å²) in [6, 6.07) is 12.0. The Morgan fingerprint density at radius 3 is 2.33 bits per heavy atom. The molecule has 0 saturated carbocycles. The molecular weight excluding hydrogens is 231 g/mol. The largest absolute Gasteiger partial charge is 0.399 e. The van der Waals surface area contributed by atoms with Gasteiger partial charge in [0.25, 0.3) is 0 Å². The molecule has 0 aromatic heterocycles. The highest BCUT2D eigenvalue weighted by atomic mass is 19.1. The molecule has 0 spiro atoms. The van der Waals surface area contributed by atoms with Gasteiger partial charge in [-0.05, 0) is 29.3 Å². The molecule has 0 bridgehead atoms. The highest BCUT2D eigenvalue weighted by molar-refractivity contribution is 5.52. The number of nitrogens with two attached hydrogens (primary N) is 1. The van der Waals surface area contributed by atoms with E-state index in [4.69, 9.17) is 10.8 Å². The summed E-state index contributed by atoms with van der Waals surface area (Å²) in [6.07, 6.45) is 0. The Morgan fingerprint density at radius 1 is 1.06 bits per heavy atom. The maximum absolute atomic E-state index is 13.5. The number of benzene rings is 2. The second-order valence-corrected chi connectivity index (χ2v) is 4.07. The first kappa shape index (κ1) is 12.4. The van der Waals surface area contributed by atoms with Crippen molar-refractivity contribution in [1.29, 1.82) is 0 Å². The van der Waals surface area contributed by atoms with Crippen LogP contribution in [0.3, 0.4) is 0 Å². The van der Waals surface area contributed by atoms with Crippen molar-refractivity contribution in [3.63, 3.8) is 0 Å². The van der Waals surface area contributed by atoms with Crippen LogP contribution < -0.4 is 11.1 Å². The maximum atomic E-state index is 13.5. The third-order valence-corrected chi connectivity index (χ3v) is 2.68. The van der Waals surface area contributed by atoms with E-state index in [1.165, 1.54) is 6.07 Å². The molecule has 0 amide bonds. The molecule has 0 saturated heterocycles. The third-order valence-electron chi connectivity index (χ3n) is 2.68. The molecule has 0 fully saturated rings. The number of aliphatic hydroxyl groups is 1. The fraction of sp³-hybridized carbons (Fsp3) is 0.143. The van der Waals surface area contributed by atoms with E-state index in [0.717, 1.165) is 11.1 Å². The smallest absolute Gasteiger partial charge is 0.148 e. The van der Waals surface area contributed by atoms with Crippen molar-refractivity contribution < 1.29 is 9.50 Å². The monoisotopic (exact) mass is 246 g/mol. The lowest BCUT2D eigenvalue weighted by atomic mass is 10.1. The highest BCUT2D eigenvalue weighted by Crippen LogP contribution is 2.17. The quantitative estimate of drug-likeness (QED) is 0.726. The van der Waals surface area contributed by atoms with E-state index < -0.39 is 0 Å². The first-order valence-electron chi connectivity index (χ1n) is 5.66. The highest BCUT2D eigenvalue weighted by Gasteiger charge is 2.02. The standard InChI is InChI=1S/C14H15FN2O/c15-13-7-12(16)5-6-14(13)17-8-10-1-3-11(9-18)4-2-10/h1-7,17-18H,8-9,16H2. The van der Waals surface area contributed by atoms with Gasteiger partial charge in [0.2, 0.25) is 0 Å². The van der Waals surface area contributed by atoms with Gasteiger partial charge >= 0.3 is 0 Å². The Kier molecular flexibility index (Phi) is 3.79. The van der Waals surface area contributed by atoms with Crippen LogP contribution in [0.25, 0.3) is 0 Å². The van der Waals surface area contributed by atoms with Gasteiger partial charge in [0.15, 0.2) is 0 Å². The number of nitrogens with one attached hydrogen (secondary N) is 1. The van der Waals surface area contributed by atoms with Gasteiger partial charge in [-0.2, -0.15) is 0 Å². The zero-order chi connectivity index (χ0) is 13.0. The van der Waals surface area contributed by atoms with Gasteiger partial charge in [0.05, 0.1) is 12.3 Å². The molecule has 0 heterocycles. The van der Waals surface area contributed by atoms with Gasteiger partial charge < -0.3 is 16.2 Å². The lowest BCUT2D eigenvalue weighted by Gasteiger charge is -2.08. The number of hydrogen-bond acceptors (Lipinski definition) is 3. The SMILES string of the molecule is Nc1ccc(NCc2ccc(CO)cc2)c(F)c1. The molecule has 0 aliphatic carbocycles. The molecule has 0 atom stereocenters. The van der Waals surface area contributed by atoms with Crippen LogP contribution >= 0.6 is 0 Å². The topological polar surface area (TPSA) is 58.3 Å². The second kappa shape index (κ2) is 5.51. The van der Waals surface area contributed by atoms with Crippen molar-refractivity contribution in [2.24, 2.45) is 0 Å². The minimum Gasteiger partial charge on any atom is -0.399 e. The Morgan fingerprint density at radius 2 is 1.72 bits per heavy atom. The van der Waals surface area contributed by atoms with Crippen LogP contribution in [-0.2, 0) is 13.2 Å². The maximum Gasteiger partial charge on any atom is 0.148 e. The van der Waals surface area contributed by atoms with E-state index >= 15 is 0 Å². The Labute approximate surface area is 105 Å². The number of halogens is 1. The summed E-state index contributed by atoms with van der Waals surface area (Å²) in [5.41, 5.74) is 8.19. The summed E-state index contributed by atoms with van der Waals surface area (Å²) in [7, 11) is 0. The predicted molar refractivity (Wildman–Crippen MR) is 70.5 cm³/mol. The van der Waals surface area contributed by atoms with Crippen molar-refractivity contribution in [2.75, 3.05) is 11.1 Å². The molecule has 18 heavy (non-hydrogen) atoms. The second-order valence-electron chi connectivity index (χ2n) is 4.07. The third kappa shape index (κ3) is 2.99. The van der Waals surface area contributed by atoms with Crippen LogP contribution in [0, 0.1) is 5.82 Å². The summed E-state index contributed by atoms with van der Waals surface area (Å²) in [5.74, 6) is -0.359. The Bertz CT molecular complexity index is 526. The fourth-order valence-corrected chi connectivity index (χ4v) is 1.63. The molecule has 2 aromatic carbocycles. The minimum atomic E-state index is -0.359. The van der Waals surface area contributed by atoms with Crippen LogP contribution in [-0.4, -0.2) is 5.11 Å². The van der Waals surface area contributed by atoms with E-state index in [-0.39, 0.29) is 12.4 Å². The van der Waals surface area contributed by atoms with E-state index in [1.54, 1.807) is 12.1 Å². The van der Waals surface area contributed by atoms with Crippen molar-refractivity contribution in [2.45, 2.75) is 13.2 Å². The van der Waals surface area contributed by atoms with E-state index in [0.29, 0.717) is 17.9 Å². The molecule has 0 radical (unpaired) electrons. The molecule has 2 aromatic rings. The number of rotatable bonds is 4. The number of aliphatic hydroxyl groups excluding tert-OH is 1. The van der Waals surface area contributed by atoms with Crippen LogP contribution in [0.15, 0.2) is 42.5 Å². The van der Waals surface area contributed by atoms with Gasteiger partial charge in [-0.15, -0.1) is 0 Å². The number of anilines is 2. The summed E-state index contributed by atoms with van der Waals surface area (Å²) in [5, 5.41) is 11.9. The predicted octanol–water partition coefficient (Wildman–Crippen LogP) is 2.51. The summed E-state index contributed by atoms with van der Waals surface area (Å²) in [4.78, 5) is 0. The van der Waals surface area contributed by atoms with E-state index in [9.17, 15) is 4.39 Å². The van der Waals surface area contributed by atoms with Gasteiger partial charge in [-0.3, -0.25) is 0 Å². The van der Waals surface area contributed by atoms with Crippen molar-refractivity contribution >= 4 is 11.4 Å². The van der Waals surface area contributed by atoms with Crippen LogP contribution in [0.4, 0.5) is 15.8 Å². The average Bonchev–Trinajstić information content (AvgIpc) is 2.38. The van der Waals surface area contributed by atoms with Gasteiger partial charge in [0, 0.05) is 12.2 Å². The molecule has 0 aliphatic rings. The van der Waals surface area contributed by atoms with Crippen LogP contribution in [0.5, 0.6) is 0 Å². The van der Waals surface area contributed by atoms with Crippen molar-refractivity contribution in [3.05, 3.63) is 59.4 Å². The summed E-state index contributed by atoms with van der Waals surface area (Å²) in [6.45, 7) is 0.548. The normalized spacial score (nSPS) is 10.3. The van der Waals surface area contributed by atoms with Gasteiger partial charge in [-0.25, -0.2) is 4.39 Å². The molecule has 0 aliphatic heterocycles. The van der Waals surface area contributed by atoms with Crippen LogP contribution in [0.1, 0.15) is 11.1 Å². The van der Waals surface area contributed by atoms with Crippen LogP contribution in [0.2, 0.25) is 0 Å². The molecule has 94 valence electrons. The van der Waals surface area contributed by atoms with Crippen molar-refractivity contribution in [3.8, 4) is 0 Å². The van der Waals surface area contributed by atoms with Gasteiger partial charge in [0.1, 0.15) is 5.82 Å².